The molecule has 1 saturated heterocycles. The number of quaternary nitrogens is 1. The second kappa shape index (κ2) is 4.68. The van der Waals surface area contributed by atoms with Gasteiger partial charge in [0.25, 0.3) is 5.72 Å². The smallest absolute Gasteiger partial charge is 0.316 e. The van der Waals surface area contributed by atoms with E-state index >= 15 is 0 Å². The summed E-state index contributed by atoms with van der Waals surface area (Å²) in [7, 11) is 0. The Labute approximate surface area is 158 Å². The maximum atomic E-state index is 13.6. The standard InChI is InChI=1S/C21H14BrN2O2/c22-17-8-4-7-15-18-20(25)24(19(15)17,14-5-2-1-3-6-14)21(18)16-11-23-10-9-13(16)12-26-21/h1-11,18H,12H2/q+1. The first-order valence-corrected chi connectivity index (χ1v) is 9.37. The minimum Gasteiger partial charge on any atom is -0.316 e. The predicted octanol–water partition coefficient (Wildman–Crippen LogP) is 4.50. The van der Waals surface area contributed by atoms with Gasteiger partial charge in [-0.2, -0.15) is 4.48 Å². The van der Waals surface area contributed by atoms with Crippen LogP contribution in [0.4, 0.5) is 11.4 Å². The molecule has 26 heavy (non-hydrogen) atoms. The second-order valence-corrected chi connectivity index (χ2v) is 7.83. The SMILES string of the molecule is O=C1C2c3cccc(Br)c3[N+]1(c1ccccc1)C21OCc2ccncc21. The number of β-lactam (4-membered cyclic amide) rings is 1. The third-order valence-electron chi connectivity index (χ3n) is 6.02. The van der Waals surface area contributed by atoms with Crippen molar-refractivity contribution in [3.63, 3.8) is 0 Å². The fourth-order valence-electron chi connectivity index (χ4n) is 5.14. The van der Waals surface area contributed by atoms with Gasteiger partial charge in [0, 0.05) is 30.1 Å². The van der Waals surface area contributed by atoms with Crippen molar-refractivity contribution in [1.82, 2.24) is 9.47 Å². The fraction of sp³-hybridized carbons (Fsp3) is 0.143. The van der Waals surface area contributed by atoms with Crippen molar-refractivity contribution in [3.8, 4) is 0 Å². The molecular formula is C21H14BrN2O2+. The first-order chi connectivity index (χ1) is 12.7. The zero-order chi connectivity index (χ0) is 17.5. The number of rotatable bonds is 1. The Hall–Kier alpha value is -2.34. The summed E-state index contributed by atoms with van der Waals surface area (Å²) in [5.41, 5.74) is 4.34. The highest BCUT2D eigenvalue weighted by atomic mass is 79.9. The number of carbonyl (C=O) groups is 1. The molecule has 5 heteroatoms. The molecule has 6 rings (SSSR count). The maximum Gasteiger partial charge on any atom is 0.344 e. The minimum absolute atomic E-state index is 0.0773. The third-order valence-corrected chi connectivity index (χ3v) is 6.66. The number of benzene rings is 2. The van der Waals surface area contributed by atoms with Gasteiger partial charge < -0.3 is 4.74 Å². The highest BCUT2D eigenvalue weighted by molar-refractivity contribution is 9.10. The first kappa shape index (κ1) is 14.8. The summed E-state index contributed by atoms with van der Waals surface area (Å²) in [6, 6.07) is 18.0. The van der Waals surface area contributed by atoms with Crippen molar-refractivity contribution in [2.45, 2.75) is 18.2 Å². The van der Waals surface area contributed by atoms with Crippen molar-refractivity contribution in [2.24, 2.45) is 0 Å². The van der Waals surface area contributed by atoms with E-state index in [2.05, 4.69) is 27.0 Å². The Morgan fingerprint density at radius 1 is 1.12 bits per heavy atom. The normalized spacial score (nSPS) is 30.2. The highest BCUT2D eigenvalue weighted by Gasteiger charge is 2.87. The molecule has 1 fully saturated rings. The number of hydrogen-bond donors (Lipinski definition) is 0. The predicted molar refractivity (Wildman–Crippen MR) is 100 cm³/mol. The summed E-state index contributed by atoms with van der Waals surface area (Å²) in [5.74, 6) is -0.143. The Balaban J connectivity index is 1.76. The molecule has 2 bridgehead atoms. The van der Waals surface area contributed by atoms with E-state index in [0.29, 0.717) is 6.61 Å². The largest absolute Gasteiger partial charge is 0.344 e. The van der Waals surface area contributed by atoms with Gasteiger partial charge in [-0.15, -0.1) is 0 Å². The lowest BCUT2D eigenvalue weighted by atomic mass is 9.77. The van der Waals surface area contributed by atoms with Gasteiger partial charge in [-0.05, 0) is 33.6 Å². The van der Waals surface area contributed by atoms with Crippen molar-refractivity contribution >= 4 is 33.2 Å². The average molecular weight is 406 g/mol. The number of para-hydroxylation sites is 2. The minimum atomic E-state index is -0.756. The summed E-state index contributed by atoms with van der Waals surface area (Å²) in [6.45, 7) is 0.500. The molecule has 0 radical (unpaired) electrons. The molecule has 0 N–H and O–H groups in total. The fourth-order valence-corrected chi connectivity index (χ4v) is 5.79. The van der Waals surface area contributed by atoms with Gasteiger partial charge >= 0.3 is 5.91 Å². The van der Waals surface area contributed by atoms with E-state index < -0.39 is 5.72 Å². The van der Waals surface area contributed by atoms with Crippen LogP contribution in [0.2, 0.25) is 0 Å². The molecule has 1 aromatic heterocycles. The van der Waals surface area contributed by atoms with Crippen LogP contribution < -0.4 is 4.48 Å². The number of aromatic nitrogens is 1. The number of fused-ring (bicyclic) bond motifs is 4. The highest BCUT2D eigenvalue weighted by Crippen LogP contribution is 2.74. The van der Waals surface area contributed by atoms with Crippen LogP contribution in [-0.2, 0) is 21.9 Å². The van der Waals surface area contributed by atoms with Crippen LogP contribution in [0.5, 0.6) is 0 Å². The number of carbonyl (C=O) groups excluding carboxylic acids is 1. The monoisotopic (exact) mass is 405 g/mol. The van der Waals surface area contributed by atoms with Crippen molar-refractivity contribution in [3.05, 3.63) is 88.2 Å². The number of hydrogen-bond acceptors (Lipinski definition) is 3. The Morgan fingerprint density at radius 3 is 2.81 bits per heavy atom. The lowest BCUT2D eigenvalue weighted by Gasteiger charge is -2.52. The summed E-state index contributed by atoms with van der Waals surface area (Å²) in [5, 5.41) is 0. The van der Waals surface area contributed by atoms with Gasteiger partial charge in [-0.25, -0.2) is 4.79 Å². The van der Waals surface area contributed by atoms with E-state index in [0.717, 1.165) is 32.5 Å². The van der Waals surface area contributed by atoms with Gasteiger partial charge in [0.1, 0.15) is 5.69 Å². The number of halogens is 1. The van der Waals surface area contributed by atoms with E-state index in [9.17, 15) is 4.79 Å². The lowest BCUT2D eigenvalue weighted by Crippen LogP contribution is -2.74. The first-order valence-electron chi connectivity index (χ1n) is 8.58. The molecule has 1 spiro atoms. The zero-order valence-electron chi connectivity index (χ0n) is 13.7. The van der Waals surface area contributed by atoms with Gasteiger partial charge in [-0.1, -0.05) is 30.3 Å². The van der Waals surface area contributed by atoms with Gasteiger partial charge in [0.15, 0.2) is 11.6 Å². The molecule has 1 amide bonds. The van der Waals surface area contributed by atoms with Crippen LogP contribution in [0.15, 0.2) is 71.5 Å². The summed E-state index contributed by atoms with van der Waals surface area (Å²) < 4.78 is 7.51. The van der Waals surface area contributed by atoms with Crippen LogP contribution in [0, 0.1) is 0 Å². The van der Waals surface area contributed by atoms with Gasteiger partial charge in [-0.3, -0.25) is 4.98 Å². The van der Waals surface area contributed by atoms with Crippen molar-refractivity contribution < 1.29 is 9.53 Å². The van der Waals surface area contributed by atoms with Crippen LogP contribution in [0.3, 0.4) is 0 Å². The van der Waals surface area contributed by atoms with E-state index in [1.165, 1.54) is 0 Å². The molecule has 126 valence electrons. The molecule has 3 aromatic rings. The van der Waals surface area contributed by atoms with Crippen LogP contribution in [-0.4, -0.2) is 10.9 Å². The molecule has 2 aromatic carbocycles. The molecule has 3 aliphatic rings. The molecule has 3 atom stereocenters. The molecular weight excluding hydrogens is 392 g/mol. The molecule has 4 nitrogen and oxygen atoms in total. The topological polar surface area (TPSA) is 39.2 Å². The number of pyridine rings is 1. The maximum absolute atomic E-state index is 13.6. The second-order valence-electron chi connectivity index (χ2n) is 6.97. The van der Waals surface area contributed by atoms with Crippen LogP contribution in [0.1, 0.15) is 22.6 Å². The Bertz CT molecular complexity index is 1100. The zero-order valence-corrected chi connectivity index (χ0v) is 15.3. The molecule has 4 heterocycles. The summed E-state index contributed by atoms with van der Waals surface area (Å²) in [6.07, 6.45) is 3.66. The van der Waals surface area contributed by atoms with E-state index in [1.807, 2.05) is 54.7 Å². The van der Waals surface area contributed by atoms with Crippen LogP contribution >= 0.6 is 15.9 Å². The summed E-state index contributed by atoms with van der Waals surface area (Å²) in [4.78, 5) is 17.9. The third kappa shape index (κ3) is 1.32. The van der Waals surface area contributed by atoms with Gasteiger partial charge in [0.2, 0.25) is 0 Å². The number of amides is 1. The van der Waals surface area contributed by atoms with E-state index in [4.69, 9.17) is 4.74 Å². The van der Waals surface area contributed by atoms with E-state index in [1.54, 1.807) is 6.20 Å². The number of nitrogens with zero attached hydrogens (tertiary/aromatic N) is 2. The quantitative estimate of drug-likeness (QED) is 0.441. The molecule has 0 saturated carbocycles. The average Bonchev–Trinajstić information content (AvgIpc) is 3.29. The molecule has 0 aliphatic carbocycles. The van der Waals surface area contributed by atoms with E-state index in [-0.39, 0.29) is 16.3 Å². The van der Waals surface area contributed by atoms with Gasteiger partial charge in [0.05, 0.1) is 16.6 Å². The summed E-state index contributed by atoms with van der Waals surface area (Å²) >= 11 is 3.71. The molecule has 3 aliphatic heterocycles. The Kier molecular flexibility index (Phi) is 2.66. The lowest BCUT2D eigenvalue weighted by molar-refractivity contribution is -0.202. The van der Waals surface area contributed by atoms with Crippen molar-refractivity contribution in [1.29, 1.82) is 0 Å². The van der Waals surface area contributed by atoms with Crippen LogP contribution in [0.25, 0.3) is 0 Å². The van der Waals surface area contributed by atoms with Crippen molar-refractivity contribution in [2.75, 3.05) is 0 Å². The number of ether oxygens (including phenoxy) is 1. The Morgan fingerprint density at radius 2 is 1.96 bits per heavy atom. The molecule has 3 unspecified atom stereocenters.